The summed E-state index contributed by atoms with van der Waals surface area (Å²) in [6, 6.07) is 13.4. The normalized spacial score (nSPS) is 10.7. The van der Waals surface area contributed by atoms with Crippen molar-refractivity contribution in [3.8, 4) is 11.8 Å². The third kappa shape index (κ3) is 4.45. The fourth-order valence-electron chi connectivity index (χ4n) is 2.22. The number of nitrogens with one attached hydrogen (secondary N) is 1. The van der Waals surface area contributed by atoms with Crippen LogP contribution < -0.4 is 10.1 Å². The average Bonchev–Trinajstić information content (AvgIpc) is 2.59. The molecule has 6 heteroatoms. The van der Waals surface area contributed by atoms with Crippen molar-refractivity contribution >= 4 is 23.6 Å². The van der Waals surface area contributed by atoms with Crippen LogP contribution in [0, 0.1) is 18.3 Å². The molecule has 2 aromatic carbocycles. The maximum Gasteiger partial charge on any atom is 0.339 e. The van der Waals surface area contributed by atoms with Gasteiger partial charge in [0.05, 0.1) is 7.11 Å². The molecule has 1 amide bonds. The lowest BCUT2D eigenvalue weighted by atomic mass is 10.1. The molecular weight excluding hydrogens is 320 g/mol. The van der Waals surface area contributed by atoms with Gasteiger partial charge in [0.15, 0.2) is 0 Å². The van der Waals surface area contributed by atoms with Gasteiger partial charge in [0, 0.05) is 5.69 Å². The minimum Gasteiger partial charge on any atom is -0.496 e. The van der Waals surface area contributed by atoms with Gasteiger partial charge in [0.25, 0.3) is 5.91 Å². The molecule has 0 fully saturated rings. The van der Waals surface area contributed by atoms with E-state index in [1.54, 1.807) is 24.3 Å². The Kier molecular flexibility index (Phi) is 5.54. The molecule has 0 spiro atoms. The molecule has 0 bridgehead atoms. The lowest BCUT2D eigenvalue weighted by Crippen LogP contribution is -2.13. The number of carboxylic acids is 1. The second-order valence-electron chi connectivity index (χ2n) is 5.26. The summed E-state index contributed by atoms with van der Waals surface area (Å²) in [5.41, 5.74) is 1.78. The van der Waals surface area contributed by atoms with Crippen molar-refractivity contribution in [2.24, 2.45) is 0 Å². The van der Waals surface area contributed by atoms with E-state index in [1.165, 1.54) is 25.3 Å². The van der Waals surface area contributed by atoms with Gasteiger partial charge in [-0.15, -0.1) is 0 Å². The van der Waals surface area contributed by atoms with Crippen LogP contribution in [0.4, 0.5) is 5.69 Å². The number of carboxylic acid groups (broad SMARTS) is 1. The predicted molar refractivity (Wildman–Crippen MR) is 93.4 cm³/mol. The average molecular weight is 336 g/mol. The van der Waals surface area contributed by atoms with Crippen molar-refractivity contribution in [2.75, 3.05) is 12.4 Å². The minimum absolute atomic E-state index is 0.0485. The summed E-state index contributed by atoms with van der Waals surface area (Å²) in [6.07, 6.45) is 1.33. The van der Waals surface area contributed by atoms with E-state index in [9.17, 15) is 20.0 Å². The number of carbonyl (C=O) groups excluding carboxylic acids is 1. The van der Waals surface area contributed by atoms with E-state index in [4.69, 9.17) is 4.74 Å². The number of carbonyl (C=O) groups is 2. The maximum atomic E-state index is 12.3. The molecule has 0 radical (unpaired) electrons. The highest BCUT2D eigenvalue weighted by Gasteiger charge is 2.13. The first kappa shape index (κ1) is 17.8. The second kappa shape index (κ2) is 7.79. The van der Waals surface area contributed by atoms with E-state index in [1.807, 2.05) is 19.1 Å². The first-order valence-corrected chi connectivity index (χ1v) is 7.35. The van der Waals surface area contributed by atoms with Crippen LogP contribution in [0.15, 0.2) is 48.0 Å². The summed E-state index contributed by atoms with van der Waals surface area (Å²) < 4.78 is 4.98. The number of methoxy groups -OCH3 is 1. The monoisotopic (exact) mass is 336 g/mol. The smallest absolute Gasteiger partial charge is 0.339 e. The molecule has 0 saturated carbocycles. The molecule has 2 aromatic rings. The number of ether oxygens (including phenoxy) is 1. The Morgan fingerprint density at radius 3 is 2.60 bits per heavy atom. The molecule has 126 valence electrons. The summed E-state index contributed by atoms with van der Waals surface area (Å²) >= 11 is 0. The van der Waals surface area contributed by atoms with Gasteiger partial charge in [-0.05, 0) is 48.4 Å². The van der Waals surface area contributed by atoms with Crippen LogP contribution in [0.25, 0.3) is 6.08 Å². The summed E-state index contributed by atoms with van der Waals surface area (Å²) in [6.45, 7) is 1.89. The molecule has 0 unspecified atom stereocenters. The zero-order chi connectivity index (χ0) is 18.4. The summed E-state index contributed by atoms with van der Waals surface area (Å²) in [4.78, 5) is 23.5. The van der Waals surface area contributed by atoms with E-state index in [0.717, 1.165) is 5.56 Å². The topological polar surface area (TPSA) is 99.4 Å². The van der Waals surface area contributed by atoms with Crippen LogP contribution >= 0.6 is 0 Å². The number of rotatable bonds is 5. The highest BCUT2D eigenvalue weighted by molar-refractivity contribution is 6.09. The van der Waals surface area contributed by atoms with E-state index in [0.29, 0.717) is 11.3 Å². The Morgan fingerprint density at radius 1 is 1.24 bits per heavy atom. The van der Waals surface area contributed by atoms with Gasteiger partial charge >= 0.3 is 5.97 Å². The van der Waals surface area contributed by atoms with Crippen LogP contribution in [0.2, 0.25) is 0 Å². The number of hydrogen-bond acceptors (Lipinski definition) is 4. The predicted octanol–water partition coefficient (Wildman–Crippen LogP) is 3.25. The summed E-state index contributed by atoms with van der Waals surface area (Å²) in [7, 11) is 1.37. The molecule has 0 aliphatic carbocycles. The number of aryl methyl sites for hydroxylation is 1. The van der Waals surface area contributed by atoms with Crippen LogP contribution in [0.3, 0.4) is 0 Å². The molecule has 6 nitrogen and oxygen atoms in total. The van der Waals surface area contributed by atoms with Gasteiger partial charge in [0.1, 0.15) is 23.0 Å². The number of benzene rings is 2. The molecule has 0 aliphatic heterocycles. The lowest BCUT2D eigenvalue weighted by Gasteiger charge is -2.07. The summed E-state index contributed by atoms with van der Waals surface area (Å²) in [5, 5.41) is 21.1. The van der Waals surface area contributed by atoms with Gasteiger partial charge in [-0.2, -0.15) is 5.26 Å². The fraction of sp³-hybridized carbons (Fsp3) is 0.105. The molecular formula is C19H16N2O4. The van der Waals surface area contributed by atoms with Gasteiger partial charge in [0.2, 0.25) is 0 Å². The lowest BCUT2D eigenvalue weighted by molar-refractivity contribution is -0.112. The van der Waals surface area contributed by atoms with Crippen molar-refractivity contribution < 1.29 is 19.4 Å². The zero-order valence-electron chi connectivity index (χ0n) is 13.7. The molecule has 0 aromatic heterocycles. The Morgan fingerprint density at radius 2 is 2.00 bits per heavy atom. The maximum absolute atomic E-state index is 12.3. The van der Waals surface area contributed by atoms with Gasteiger partial charge in [-0.3, -0.25) is 4.79 Å². The van der Waals surface area contributed by atoms with Gasteiger partial charge < -0.3 is 15.2 Å². The highest BCUT2D eigenvalue weighted by Crippen LogP contribution is 2.21. The Labute approximate surface area is 145 Å². The Hall–Kier alpha value is -3.59. The first-order chi connectivity index (χ1) is 11.9. The van der Waals surface area contributed by atoms with Crippen LogP contribution in [-0.2, 0) is 4.79 Å². The quantitative estimate of drug-likeness (QED) is 0.645. The van der Waals surface area contributed by atoms with Crippen LogP contribution in [0.1, 0.15) is 21.5 Å². The second-order valence-corrected chi connectivity index (χ2v) is 5.26. The van der Waals surface area contributed by atoms with Crippen molar-refractivity contribution in [1.29, 1.82) is 5.26 Å². The van der Waals surface area contributed by atoms with E-state index < -0.39 is 11.9 Å². The number of aromatic carboxylic acids is 1. The van der Waals surface area contributed by atoms with E-state index in [-0.39, 0.29) is 16.9 Å². The van der Waals surface area contributed by atoms with Crippen LogP contribution in [0.5, 0.6) is 5.75 Å². The Balaban J connectivity index is 2.31. The molecule has 2 rings (SSSR count). The third-order valence-electron chi connectivity index (χ3n) is 3.41. The number of nitrogens with zero attached hydrogens (tertiary/aromatic N) is 1. The van der Waals surface area contributed by atoms with E-state index in [2.05, 4.69) is 5.32 Å². The molecule has 2 N–H and O–H groups in total. The first-order valence-electron chi connectivity index (χ1n) is 7.35. The van der Waals surface area contributed by atoms with Crippen LogP contribution in [-0.4, -0.2) is 24.1 Å². The Bertz CT molecular complexity index is 895. The molecule has 25 heavy (non-hydrogen) atoms. The number of hydrogen-bond donors (Lipinski definition) is 2. The van der Waals surface area contributed by atoms with Gasteiger partial charge in [-0.1, -0.05) is 18.2 Å². The standard InChI is InChI=1S/C19H16N2O4/c1-12-4-3-5-15(8-12)21-18(22)14(11-20)9-13-6-7-17(25-2)16(10-13)19(23)24/h3-10H,1-2H3,(H,21,22)(H,23,24)/b14-9-. The molecule has 0 aliphatic rings. The number of amides is 1. The van der Waals surface area contributed by atoms with Crippen molar-refractivity contribution in [1.82, 2.24) is 0 Å². The van der Waals surface area contributed by atoms with E-state index >= 15 is 0 Å². The third-order valence-corrected chi connectivity index (χ3v) is 3.41. The largest absolute Gasteiger partial charge is 0.496 e. The van der Waals surface area contributed by atoms with Gasteiger partial charge in [-0.25, -0.2) is 4.79 Å². The molecule has 0 saturated heterocycles. The summed E-state index contributed by atoms with van der Waals surface area (Å²) in [5.74, 6) is -1.53. The highest BCUT2D eigenvalue weighted by atomic mass is 16.5. The van der Waals surface area contributed by atoms with Crippen molar-refractivity contribution in [2.45, 2.75) is 6.92 Å². The van der Waals surface area contributed by atoms with Crippen molar-refractivity contribution in [3.05, 3.63) is 64.7 Å². The van der Waals surface area contributed by atoms with Crippen molar-refractivity contribution in [3.63, 3.8) is 0 Å². The molecule has 0 atom stereocenters. The fourth-order valence-corrected chi connectivity index (χ4v) is 2.22. The zero-order valence-corrected chi connectivity index (χ0v) is 13.7. The SMILES string of the molecule is COc1ccc(/C=C(/C#N)C(=O)Nc2cccc(C)c2)cc1C(=O)O. The number of anilines is 1. The molecule has 0 heterocycles. The number of nitriles is 1. The minimum atomic E-state index is -1.16.